The van der Waals surface area contributed by atoms with Crippen LogP contribution < -0.4 is 5.32 Å². The molecule has 0 amide bonds. The standard InChI is InChI=1S/C14H19NO2/c1-2-3-8-17-14(16)13-9-11-6-4-5-7-12(11)10-15-13/h4-7,13,15H,2-3,8-10H2,1H3. The third-order valence-corrected chi connectivity index (χ3v) is 3.11. The van der Waals surface area contributed by atoms with Gasteiger partial charge in [0.25, 0.3) is 0 Å². The van der Waals surface area contributed by atoms with Crippen molar-refractivity contribution in [1.82, 2.24) is 5.32 Å². The number of carbonyl (C=O) groups is 1. The molecule has 0 saturated heterocycles. The lowest BCUT2D eigenvalue weighted by molar-refractivity contribution is -0.146. The molecule has 1 aliphatic heterocycles. The fourth-order valence-electron chi connectivity index (χ4n) is 2.04. The molecule has 0 saturated carbocycles. The van der Waals surface area contributed by atoms with Gasteiger partial charge in [-0.25, -0.2) is 0 Å². The van der Waals surface area contributed by atoms with Crippen LogP contribution in [0.4, 0.5) is 0 Å². The Morgan fingerprint density at radius 2 is 2.18 bits per heavy atom. The molecule has 92 valence electrons. The highest BCUT2D eigenvalue weighted by Crippen LogP contribution is 2.16. The average Bonchev–Trinajstić information content (AvgIpc) is 2.38. The minimum atomic E-state index is -0.179. The van der Waals surface area contributed by atoms with Crippen molar-refractivity contribution in [3.05, 3.63) is 35.4 Å². The van der Waals surface area contributed by atoms with Crippen LogP contribution in [0.15, 0.2) is 24.3 Å². The summed E-state index contributed by atoms with van der Waals surface area (Å²) in [5.41, 5.74) is 2.54. The van der Waals surface area contributed by atoms with Gasteiger partial charge in [0.1, 0.15) is 6.04 Å². The largest absolute Gasteiger partial charge is 0.465 e. The maximum Gasteiger partial charge on any atom is 0.323 e. The van der Waals surface area contributed by atoms with Crippen molar-refractivity contribution in [3.8, 4) is 0 Å². The summed E-state index contributed by atoms with van der Waals surface area (Å²) in [5, 5.41) is 3.23. The van der Waals surface area contributed by atoms with Crippen LogP contribution in [-0.2, 0) is 22.5 Å². The first-order chi connectivity index (χ1) is 8.31. The van der Waals surface area contributed by atoms with Crippen LogP contribution in [0.5, 0.6) is 0 Å². The molecule has 1 aromatic rings. The van der Waals surface area contributed by atoms with E-state index in [0.29, 0.717) is 6.61 Å². The number of hydrogen-bond donors (Lipinski definition) is 1. The fourth-order valence-corrected chi connectivity index (χ4v) is 2.04. The van der Waals surface area contributed by atoms with E-state index in [1.54, 1.807) is 0 Å². The number of benzene rings is 1. The van der Waals surface area contributed by atoms with Crippen LogP contribution in [0.1, 0.15) is 30.9 Å². The van der Waals surface area contributed by atoms with Gasteiger partial charge < -0.3 is 10.1 Å². The lowest BCUT2D eigenvalue weighted by Crippen LogP contribution is -2.42. The van der Waals surface area contributed by atoms with Crippen LogP contribution in [0.2, 0.25) is 0 Å². The van der Waals surface area contributed by atoms with E-state index in [0.717, 1.165) is 25.8 Å². The second-order valence-electron chi connectivity index (χ2n) is 4.43. The first-order valence-electron chi connectivity index (χ1n) is 6.28. The Morgan fingerprint density at radius 3 is 2.94 bits per heavy atom. The van der Waals surface area contributed by atoms with Crippen LogP contribution >= 0.6 is 0 Å². The Labute approximate surface area is 102 Å². The molecule has 1 atom stereocenters. The van der Waals surface area contributed by atoms with E-state index < -0.39 is 0 Å². The third kappa shape index (κ3) is 3.07. The van der Waals surface area contributed by atoms with Gasteiger partial charge in [-0.3, -0.25) is 4.79 Å². The highest BCUT2D eigenvalue weighted by Gasteiger charge is 2.24. The molecule has 1 aromatic carbocycles. The van der Waals surface area contributed by atoms with E-state index >= 15 is 0 Å². The monoisotopic (exact) mass is 233 g/mol. The number of carbonyl (C=O) groups excluding carboxylic acids is 1. The number of esters is 1. The maximum absolute atomic E-state index is 11.8. The average molecular weight is 233 g/mol. The summed E-state index contributed by atoms with van der Waals surface area (Å²) >= 11 is 0. The van der Waals surface area contributed by atoms with Crippen LogP contribution in [0, 0.1) is 0 Å². The summed E-state index contributed by atoms with van der Waals surface area (Å²) in [6, 6.07) is 8.05. The van der Waals surface area contributed by atoms with Crippen molar-refractivity contribution in [3.63, 3.8) is 0 Å². The Kier molecular flexibility index (Phi) is 4.15. The molecule has 1 aliphatic rings. The van der Waals surface area contributed by atoms with Gasteiger partial charge in [-0.15, -0.1) is 0 Å². The number of nitrogens with one attached hydrogen (secondary N) is 1. The van der Waals surface area contributed by atoms with Gasteiger partial charge in [-0.1, -0.05) is 37.6 Å². The molecule has 2 rings (SSSR count). The molecule has 17 heavy (non-hydrogen) atoms. The summed E-state index contributed by atoms with van der Waals surface area (Å²) < 4.78 is 5.24. The molecule has 0 radical (unpaired) electrons. The Bertz CT molecular complexity index is 390. The fraction of sp³-hybridized carbons (Fsp3) is 0.500. The zero-order valence-electron chi connectivity index (χ0n) is 10.2. The minimum absolute atomic E-state index is 0.118. The molecular formula is C14H19NO2. The molecule has 1 heterocycles. The first-order valence-corrected chi connectivity index (χ1v) is 6.28. The summed E-state index contributed by atoms with van der Waals surface area (Å²) in [7, 11) is 0. The molecule has 3 nitrogen and oxygen atoms in total. The van der Waals surface area contributed by atoms with Gasteiger partial charge in [-0.2, -0.15) is 0 Å². The summed E-state index contributed by atoms with van der Waals surface area (Å²) in [6.45, 7) is 3.38. The summed E-state index contributed by atoms with van der Waals surface area (Å²) in [4.78, 5) is 11.8. The SMILES string of the molecule is CCCCOC(=O)C1Cc2ccccc2CN1. The minimum Gasteiger partial charge on any atom is -0.465 e. The number of hydrogen-bond acceptors (Lipinski definition) is 3. The zero-order chi connectivity index (χ0) is 12.1. The highest BCUT2D eigenvalue weighted by molar-refractivity contribution is 5.76. The summed E-state index contributed by atoms with van der Waals surface area (Å²) in [5.74, 6) is -0.118. The van der Waals surface area contributed by atoms with E-state index in [9.17, 15) is 4.79 Å². The topological polar surface area (TPSA) is 38.3 Å². The molecule has 0 spiro atoms. The van der Waals surface area contributed by atoms with Gasteiger partial charge in [0, 0.05) is 6.54 Å². The Morgan fingerprint density at radius 1 is 1.41 bits per heavy atom. The van der Waals surface area contributed by atoms with Gasteiger partial charge in [-0.05, 0) is 24.0 Å². The predicted molar refractivity (Wildman–Crippen MR) is 66.6 cm³/mol. The van der Waals surface area contributed by atoms with Gasteiger partial charge in [0.2, 0.25) is 0 Å². The quantitative estimate of drug-likeness (QED) is 0.639. The Balaban J connectivity index is 1.91. The second-order valence-corrected chi connectivity index (χ2v) is 4.43. The Hall–Kier alpha value is -1.35. The molecular weight excluding hydrogens is 214 g/mol. The van der Waals surface area contributed by atoms with Crippen molar-refractivity contribution in [1.29, 1.82) is 0 Å². The molecule has 1 unspecified atom stereocenters. The van der Waals surface area contributed by atoms with Crippen molar-refractivity contribution in [2.45, 2.75) is 38.8 Å². The molecule has 3 heteroatoms. The molecule has 0 aromatic heterocycles. The normalized spacial score (nSPS) is 18.5. The molecule has 1 N–H and O–H groups in total. The van der Waals surface area contributed by atoms with Crippen LogP contribution in [0.25, 0.3) is 0 Å². The molecule has 0 bridgehead atoms. The highest BCUT2D eigenvalue weighted by atomic mass is 16.5. The van der Waals surface area contributed by atoms with Crippen molar-refractivity contribution >= 4 is 5.97 Å². The third-order valence-electron chi connectivity index (χ3n) is 3.11. The smallest absolute Gasteiger partial charge is 0.323 e. The number of unbranched alkanes of at least 4 members (excludes halogenated alkanes) is 1. The van der Waals surface area contributed by atoms with Crippen molar-refractivity contribution in [2.24, 2.45) is 0 Å². The van der Waals surface area contributed by atoms with Crippen LogP contribution in [-0.4, -0.2) is 18.6 Å². The predicted octanol–water partition coefficient (Wildman–Crippen LogP) is 2.04. The van der Waals surface area contributed by atoms with Gasteiger partial charge in [0.05, 0.1) is 6.61 Å². The van der Waals surface area contributed by atoms with Crippen LogP contribution in [0.3, 0.4) is 0 Å². The maximum atomic E-state index is 11.8. The zero-order valence-corrected chi connectivity index (χ0v) is 10.2. The van der Waals surface area contributed by atoms with E-state index in [-0.39, 0.29) is 12.0 Å². The number of ether oxygens (including phenoxy) is 1. The van der Waals surface area contributed by atoms with Gasteiger partial charge in [0.15, 0.2) is 0 Å². The van der Waals surface area contributed by atoms with E-state index in [2.05, 4.69) is 24.4 Å². The number of fused-ring (bicyclic) bond motifs is 1. The second kappa shape index (κ2) is 5.82. The van der Waals surface area contributed by atoms with E-state index in [1.165, 1.54) is 11.1 Å². The summed E-state index contributed by atoms with van der Waals surface area (Å²) in [6.07, 6.45) is 2.73. The molecule has 0 fully saturated rings. The van der Waals surface area contributed by atoms with Gasteiger partial charge >= 0.3 is 5.97 Å². The lowest BCUT2D eigenvalue weighted by atomic mass is 9.96. The van der Waals surface area contributed by atoms with E-state index in [1.807, 2.05) is 12.1 Å². The molecule has 0 aliphatic carbocycles. The first kappa shape index (κ1) is 12.1. The van der Waals surface area contributed by atoms with Crippen molar-refractivity contribution < 1.29 is 9.53 Å². The van der Waals surface area contributed by atoms with E-state index in [4.69, 9.17) is 4.74 Å². The number of rotatable bonds is 4. The van der Waals surface area contributed by atoms with Crippen molar-refractivity contribution in [2.75, 3.05) is 6.61 Å². The lowest BCUT2D eigenvalue weighted by Gasteiger charge is -2.24.